The summed E-state index contributed by atoms with van der Waals surface area (Å²) in [5.74, 6) is -0.933. The van der Waals surface area contributed by atoms with Crippen molar-refractivity contribution in [3.63, 3.8) is 0 Å². The van der Waals surface area contributed by atoms with Crippen LogP contribution in [0.5, 0.6) is 5.75 Å². The summed E-state index contributed by atoms with van der Waals surface area (Å²) in [4.78, 5) is 35.7. The number of rotatable bonds is 4. The fourth-order valence-corrected chi connectivity index (χ4v) is 7.54. The van der Waals surface area contributed by atoms with Crippen LogP contribution in [0, 0.1) is 11.8 Å². The first kappa shape index (κ1) is 23.8. The molecule has 5 aromatic carbocycles. The lowest BCUT2D eigenvalue weighted by Gasteiger charge is -2.52. The molecule has 0 aromatic heterocycles. The first-order chi connectivity index (χ1) is 20.1. The number of hydrogen-bond donors (Lipinski definition) is 0. The molecule has 1 fully saturated rings. The van der Waals surface area contributed by atoms with Crippen LogP contribution in [0.1, 0.15) is 28.2 Å². The molecule has 41 heavy (non-hydrogen) atoms. The molecule has 4 aliphatic rings. The lowest BCUT2D eigenvalue weighted by Crippen LogP contribution is -2.54. The number of carbonyl (C=O) groups is 2. The zero-order chi connectivity index (χ0) is 27.7. The quantitative estimate of drug-likeness (QED) is 0.188. The van der Waals surface area contributed by atoms with Crippen LogP contribution in [0.4, 0.5) is 11.4 Å². The van der Waals surface area contributed by atoms with Gasteiger partial charge in [0.15, 0.2) is 0 Å². The van der Waals surface area contributed by atoms with Crippen molar-refractivity contribution in [2.75, 3.05) is 12.0 Å². The second-order valence-corrected chi connectivity index (χ2v) is 11.0. The molecule has 2 amide bonds. The SMILES string of the molecule is COc1ccc(N=CC23c4ccccc4C(c4ccccc42)[C@@H]2C(=O)N(c4cccc5ccccc45)C(=O)[C@@H]23)cc1. The number of ether oxygens (including phenoxy) is 1. The summed E-state index contributed by atoms with van der Waals surface area (Å²) in [6.45, 7) is 0. The third kappa shape index (κ3) is 3.14. The van der Waals surface area contributed by atoms with Crippen LogP contribution in [0.3, 0.4) is 0 Å². The lowest BCUT2D eigenvalue weighted by atomic mass is 9.47. The fraction of sp³-hybridized carbons (Fsp3) is 0.139. The highest BCUT2D eigenvalue weighted by molar-refractivity contribution is 6.27. The molecular formula is C36H26N2O3. The molecule has 5 aromatic rings. The molecule has 0 unspecified atom stereocenters. The van der Waals surface area contributed by atoms with E-state index in [0.717, 1.165) is 44.5 Å². The van der Waals surface area contributed by atoms with Gasteiger partial charge in [-0.1, -0.05) is 84.9 Å². The molecular weight excluding hydrogens is 508 g/mol. The Labute approximate surface area is 237 Å². The highest BCUT2D eigenvalue weighted by Crippen LogP contribution is 2.64. The average molecular weight is 535 g/mol. The smallest absolute Gasteiger partial charge is 0.239 e. The van der Waals surface area contributed by atoms with Crippen molar-refractivity contribution in [2.24, 2.45) is 16.8 Å². The van der Waals surface area contributed by atoms with Crippen LogP contribution in [0.15, 0.2) is 120 Å². The Morgan fingerprint density at radius 3 is 2.07 bits per heavy atom. The Morgan fingerprint density at radius 1 is 0.732 bits per heavy atom. The monoisotopic (exact) mass is 534 g/mol. The van der Waals surface area contributed by atoms with Gasteiger partial charge >= 0.3 is 0 Å². The van der Waals surface area contributed by atoms with E-state index in [1.807, 2.05) is 97.2 Å². The van der Waals surface area contributed by atoms with Crippen LogP contribution >= 0.6 is 0 Å². The van der Waals surface area contributed by atoms with Crippen LogP contribution in [-0.2, 0) is 15.0 Å². The van der Waals surface area contributed by atoms with E-state index in [4.69, 9.17) is 9.73 Å². The van der Waals surface area contributed by atoms with Gasteiger partial charge in [-0.3, -0.25) is 14.6 Å². The standard InChI is InChI=1S/C36H26N2O3/c1-41-24-19-17-23(18-20-24)37-21-36-28-14-6-4-12-26(28)31(27-13-5-7-15-29(27)36)32-33(36)35(40)38(34(32)39)30-16-8-10-22-9-2-3-11-25(22)30/h2-21,31-33H,1H3/t31?,32-,33+,36?/m0/s1. The van der Waals surface area contributed by atoms with Gasteiger partial charge in [0.25, 0.3) is 0 Å². The largest absolute Gasteiger partial charge is 0.497 e. The molecule has 5 heteroatoms. The van der Waals surface area contributed by atoms with Gasteiger partial charge in [0.05, 0.1) is 35.7 Å². The van der Waals surface area contributed by atoms with Crippen molar-refractivity contribution in [3.8, 4) is 5.75 Å². The van der Waals surface area contributed by atoms with E-state index in [-0.39, 0.29) is 17.7 Å². The first-order valence-electron chi connectivity index (χ1n) is 13.9. The van der Waals surface area contributed by atoms with Gasteiger partial charge in [0.1, 0.15) is 5.75 Å². The van der Waals surface area contributed by atoms with E-state index < -0.39 is 17.3 Å². The summed E-state index contributed by atoms with van der Waals surface area (Å²) in [6, 6.07) is 37.8. The summed E-state index contributed by atoms with van der Waals surface area (Å²) < 4.78 is 5.33. The van der Waals surface area contributed by atoms with Gasteiger partial charge < -0.3 is 4.74 Å². The zero-order valence-electron chi connectivity index (χ0n) is 22.4. The Hall–Kier alpha value is -5.03. The highest BCUT2D eigenvalue weighted by atomic mass is 16.5. The van der Waals surface area contributed by atoms with E-state index in [1.54, 1.807) is 7.11 Å². The number of anilines is 1. The second-order valence-electron chi connectivity index (χ2n) is 11.0. The topological polar surface area (TPSA) is 59.0 Å². The molecule has 5 nitrogen and oxygen atoms in total. The third-order valence-electron chi connectivity index (χ3n) is 9.18. The van der Waals surface area contributed by atoms with E-state index in [2.05, 4.69) is 24.3 Å². The van der Waals surface area contributed by atoms with Crippen molar-refractivity contribution in [1.29, 1.82) is 0 Å². The van der Waals surface area contributed by atoms with Crippen molar-refractivity contribution < 1.29 is 14.3 Å². The van der Waals surface area contributed by atoms with Crippen molar-refractivity contribution in [1.82, 2.24) is 0 Å². The molecule has 0 saturated carbocycles. The molecule has 0 N–H and O–H groups in total. The molecule has 0 radical (unpaired) electrons. The number of hydrogen-bond acceptors (Lipinski definition) is 4. The molecule has 1 saturated heterocycles. The normalized spacial score (nSPS) is 24.0. The molecule has 2 atom stereocenters. The van der Waals surface area contributed by atoms with Crippen LogP contribution in [0.2, 0.25) is 0 Å². The van der Waals surface area contributed by atoms with E-state index in [1.165, 1.54) is 4.90 Å². The Bertz CT molecular complexity index is 1860. The van der Waals surface area contributed by atoms with E-state index in [0.29, 0.717) is 5.69 Å². The summed E-state index contributed by atoms with van der Waals surface area (Å²) in [5, 5.41) is 1.88. The summed E-state index contributed by atoms with van der Waals surface area (Å²) in [6.07, 6.45) is 1.93. The van der Waals surface area contributed by atoms with Gasteiger partial charge in [-0.05, 0) is 58.0 Å². The molecule has 1 heterocycles. The van der Waals surface area contributed by atoms with Crippen molar-refractivity contribution >= 4 is 40.2 Å². The third-order valence-corrected chi connectivity index (χ3v) is 9.18. The predicted octanol–water partition coefficient (Wildman–Crippen LogP) is 6.80. The first-order valence-corrected chi connectivity index (χ1v) is 13.9. The summed E-state index contributed by atoms with van der Waals surface area (Å²) >= 11 is 0. The van der Waals surface area contributed by atoms with Gasteiger partial charge in [0, 0.05) is 17.5 Å². The minimum atomic E-state index is -0.904. The molecule has 2 bridgehead atoms. The number of imide groups is 1. The maximum atomic E-state index is 14.7. The van der Waals surface area contributed by atoms with Gasteiger partial charge in [-0.25, -0.2) is 4.90 Å². The minimum Gasteiger partial charge on any atom is -0.497 e. The lowest BCUT2D eigenvalue weighted by molar-refractivity contribution is -0.122. The number of methoxy groups -OCH3 is 1. The molecule has 9 rings (SSSR count). The number of carbonyl (C=O) groups excluding carboxylic acids is 2. The number of nitrogens with zero attached hydrogens (tertiary/aromatic N) is 2. The maximum Gasteiger partial charge on any atom is 0.239 e. The van der Waals surface area contributed by atoms with Gasteiger partial charge in [-0.15, -0.1) is 0 Å². The van der Waals surface area contributed by atoms with E-state index >= 15 is 0 Å². The fourth-order valence-electron chi connectivity index (χ4n) is 7.54. The Morgan fingerprint density at radius 2 is 1.37 bits per heavy atom. The Kier molecular flexibility index (Phi) is 5.08. The highest BCUT2D eigenvalue weighted by Gasteiger charge is 2.68. The van der Waals surface area contributed by atoms with Crippen molar-refractivity contribution in [2.45, 2.75) is 11.3 Å². The van der Waals surface area contributed by atoms with Crippen LogP contribution in [-0.4, -0.2) is 25.1 Å². The predicted molar refractivity (Wildman–Crippen MR) is 160 cm³/mol. The number of fused-ring (bicyclic) bond motifs is 1. The second kappa shape index (κ2) is 8.73. The zero-order valence-corrected chi connectivity index (χ0v) is 22.4. The average Bonchev–Trinajstić information content (AvgIpc) is 3.30. The van der Waals surface area contributed by atoms with Crippen LogP contribution in [0.25, 0.3) is 10.8 Å². The van der Waals surface area contributed by atoms with Gasteiger partial charge in [-0.2, -0.15) is 0 Å². The molecule has 3 aliphatic carbocycles. The maximum absolute atomic E-state index is 14.7. The van der Waals surface area contributed by atoms with Gasteiger partial charge in [0.2, 0.25) is 11.8 Å². The van der Waals surface area contributed by atoms with Crippen LogP contribution < -0.4 is 9.64 Å². The van der Waals surface area contributed by atoms with Crippen molar-refractivity contribution in [3.05, 3.63) is 138 Å². The molecule has 1 aliphatic heterocycles. The minimum absolute atomic E-state index is 0.146. The Balaban J connectivity index is 1.38. The molecule has 0 spiro atoms. The number of amides is 2. The number of benzene rings is 5. The molecule has 198 valence electrons. The summed E-state index contributed by atoms with van der Waals surface area (Å²) in [5.41, 5.74) is 4.76. The number of aliphatic imine (C=N–C) groups is 1. The summed E-state index contributed by atoms with van der Waals surface area (Å²) in [7, 11) is 1.64. The van der Waals surface area contributed by atoms with E-state index in [9.17, 15) is 9.59 Å².